The molecule has 0 bridgehead atoms. The number of amides is 1. The summed E-state index contributed by atoms with van der Waals surface area (Å²) in [6.45, 7) is 0. The van der Waals surface area contributed by atoms with E-state index in [2.05, 4.69) is 10.1 Å². The van der Waals surface area contributed by atoms with Crippen LogP contribution in [0.4, 0.5) is 13.2 Å². The van der Waals surface area contributed by atoms with E-state index in [1.165, 1.54) is 30.5 Å². The third-order valence-electron chi connectivity index (χ3n) is 2.19. The van der Waals surface area contributed by atoms with Crippen molar-refractivity contribution in [2.75, 3.05) is 0 Å². The summed E-state index contributed by atoms with van der Waals surface area (Å²) in [6.07, 6.45) is -0.683. The van der Waals surface area contributed by atoms with E-state index in [9.17, 15) is 18.0 Å². The van der Waals surface area contributed by atoms with Crippen LogP contribution < -0.4 is 21.5 Å². The largest absolute Gasteiger partial charge is 0.573 e. The molecule has 1 rings (SSSR count). The number of hydrogen-bond donors (Lipinski definition) is 3. The fraction of sp³-hybridized carbons (Fsp3) is 0.154. The Balaban J connectivity index is 2.57. The molecule has 0 radical (unpaired) electrons. The lowest BCUT2D eigenvalue weighted by Gasteiger charge is -2.09. The Morgan fingerprint density at radius 3 is 2.43 bits per heavy atom. The maximum atomic E-state index is 12.0. The fourth-order valence-electron chi connectivity index (χ4n) is 1.40. The first-order chi connectivity index (χ1) is 9.80. The average Bonchev–Trinajstić information content (AvgIpc) is 2.37. The Morgan fingerprint density at radius 2 is 1.90 bits per heavy atom. The Morgan fingerprint density at radius 1 is 1.29 bits per heavy atom. The molecule has 0 unspecified atom stereocenters. The zero-order chi connectivity index (χ0) is 15.9. The van der Waals surface area contributed by atoms with Gasteiger partial charge >= 0.3 is 6.36 Å². The Kier molecular flexibility index (Phi) is 5.65. The topological polar surface area (TPSA) is 90.4 Å². The second-order valence-corrected chi connectivity index (χ2v) is 3.92. The van der Waals surface area contributed by atoms with Crippen molar-refractivity contribution >= 4 is 5.91 Å². The smallest absolute Gasteiger partial charge is 0.406 e. The molecule has 0 atom stereocenters. The van der Waals surface area contributed by atoms with Crippen LogP contribution in [0.3, 0.4) is 0 Å². The monoisotopic (exact) mass is 301 g/mol. The quantitative estimate of drug-likeness (QED) is 0.719. The number of benzene rings is 1. The van der Waals surface area contributed by atoms with E-state index in [1.54, 1.807) is 0 Å². The van der Waals surface area contributed by atoms with Crippen molar-refractivity contribution in [2.45, 2.75) is 12.8 Å². The number of halogens is 3. The molecule has 1 amide bonds. The van der Waals surface area contributed by atoms with Gasteiger partial charge in [0.1, 0.15) is 11.6 Å². The van der Waals surface area contributed by atoms with Crippen LogP contribution in [0.2, 0.25) is 0 Å². The number of carbonyl (C=O) groups is 1. The normalized spacial score (nSPS) is 12.4. The van der Waals surface area contributed by atoms with E-state index in [1.807, 2.05) is 0 Å². The number of nitrogens with one attached hydrogen (secondary N) is 1. The first kappa shape index (κ1) is 16.4. The van der Waals surface area contributed by atoms with Crippen molar-refractivity contribution in [1.82, 2.24) is 5.32 Å². The van der Waals surface area contributed by atoms with Crippen LogP contribution in [0.15, 0.2) is 48.4 Å². The Labute approximate surface area is 119 Å². The lowest BCUT2D eigenvalue weighted by atomic mass is 10.1. The lowest BCUT2D eigenvalue weighted by Crippen LogP contribution is -2.28. The Hall–Kier alpha value is -2.64. The lowest BCUT2D eigenvalue weighted by molar-refractivity contribution is -0.274. The van der Waals surface area contributed by atoms with Gasteiger partial charge in [-0.15, -0.1) is 13.2 Å². The number of nitrogens with two attached hydrogens (primary N) is 2. The van der Waals surface area contributed by atoms with Crippen LogP contribution in [-0.2, 0) is 11.2 Å². The van der Waals surface area contributed by atoms with E-state index in [4.69, 9.17) is 11.5 Å². The van der Waals surface area contributed by atoms with Crippen molar-refractivity contribution in [3.63, 3.8) is 0 Å². The second kappa shape index (κ2) is 7.22. The number of hydrogen-bond acceptors (Lipinski definition) is 4. The standard InChI is InChI=1S/C13H14F3N3O2/c14-13(15,16)21-10-5-3-9(4-6-10)8-12(20)19-11(18)2-1-7-17/h1-7H,8,17-18H2,(H,19,20)/b7-1-,11-2+. The van der Waals surface area contributed by atoms with Crippen LogP contribution in [0, 0.1) is 0 Å². The summed E-state index contributed by atoms with van der Waals surface area (Å²) in [5.41, 5.74) is 11.1. The molecule has 1 aromatic carbocycles. The molecule has 0 heterocycles. The number of alkyl halides is 3. The van der Waals surface area contributed by atoms with Gasteiger partial charge in [0.2, 0.25) is 5.91 Å². The predicted molar refractivity (Wildman–Crippen MR) is 70.6 cm³/mol. The molecule has 0 aliphatic carbocycles. The van der Waals surface area contributed by atoms with Gasteiger partial charge in [-0.2, -0.15) is 0 Å². The van der Waals surface area contributed by atoms with Gasteiger partial charge in [-0.3, -0.25) is 4.79 Å². The minimum absolute atomic E-state index is 0.0345. The van der Waals surface area contributed by atoms with Gasteiger partial charge in [0.15, 0.2) is 0 Å². The van der Waals surface area contributed by atoms with Crippen LogP contribution >= 0.6 is 0 Å². The highest BCUT2D eigenvalue weighted by Gasteiger charge is 2.30. The molecule has 0 aromatic heterocycles. The summed E-state index contributed by atoms with van der Waals surface area (Å²) in [7, 11) is 0. The summed E-state index contributed by atoms with van der Waals surface area (Å²) in [5.74, 6) is -0.642. The van der Waals surface area contributed by atoms with Gasteiger partial charge in [-0.05, 0) is 36.0 Å². The summed E-state index contributed by atoms with van der Waals surface area (Å²) in [6, 6.07) is 4.99. The van der Waals surface area contributed by atoms with Gasteiger partial charge in [0, 0.05) is 0 Å². The minimum atomic E-state index is -4.74. The summed E-state index contributed by atoms with van der Waals surface area (Å²) in [4.78, 5) is 11.6. The number of carbonyl (C=O) groups excluding carboxylic acids is 1. The Bertz CT molecular complexity index is 537. The molecule has 0 aliphatic rings. The molecule has 1 aromatic rings. The van der Waals surface area contributed by atoms with Crippen molar-refractivity contribution in [1.29, 1.82) is 0 Å². The van der Waals surface area contributed by atoms with Gasteiger partial charge in [0.05, 0.1) is 6.42 Å². The van der Waals surface area contributed by atoms with Crippen LogP contribution in [-0.4, -0.2) is 12.3 Å². The molecule has 0 spiro atoms. The molecule has 0 saturated carbocycles. The van der Waals surface area contributed by atoms with E-state index < -0.39 is 12.3 Å². The number of ether oxygens (including phenoxy) is 1. The first-order valence-electron chi connectivity index (χ1n) is 5.79. The molecular formula is C13H14F3N3O2. The molecular weight excluding hydrogens is 287 g/mol. The molecule has 0 fully saturated rings. The highest BCUT2D eigenvalue weighted by atomic mass is 19.4. The van der Waals surface area contributed by atoms with Crippen LogP contribution in [0.1, 0.15) is 5.56 Å². The van der Waals surface area contributed by atoms with Gasteiger partial charge in [0.25, 0.3) is 0 Å². The SMILES string of the molecule is N/C=C\C=C(/N)NC(=O)Cc1ccc(OC(F)(F)F)cc1. The van der Waals surface area contributed by atoms with Crippen molar-refractivity contribution < 1.29 is 22.7 Å². The summed E-state index contributed by atoms with van der Waals surface area (Å²) < 4.78 is 39.7. The van der Waals surface area contributed by atoms with E-state index >= 15 is 0 Å². The maximum absolute atomic E-state index is 12.0. The first-order valence-corrected chi connectivity index (χ1v) is 5.79. The molecule has 5 nitrogen and oxygen atoms in total. The highest BCUT2D eigenvalue weighted by molar-refractivity contribution is 5.80. The molecule has 114 valence electrons. The fourth-order valence-corrected chi connectivity index (χ4v) is 1.40. The average molecular weight is 301 g/mol. The van der Waals surface area contributed by atoms with E-state index in [0.717, 1.165) is 12.1 Å². The van der Waals surface area contributed by atoms with Crippen molar-refractivity contribution in [2.24, 2.45) is 11.5 Å². The number of rotatable bonds is 5. The van der Waals surface area contributed by atoms with Crippen molar-refractivity contribution in [3.8, 4) is 5.75 Å². The van der Waals surface area contributed by atoms with Gasteiger partial charge in [-0.25, -0.2) is 0 Å². The predicted octanol–water partition coefficient (Wildman–Crippen LogP) is 1.52. The molecule has 21 heavy (non-hydrogen) atoms. The number of allylic oxidation sites excluding steroid dienone is 2. The molecule has 0 aliphatic heterocycles. The molecule has 8 heteroatoms. The molecule has 0 saturated heterocycles. The third-order valence-corrected chi connectivity index (χ3v) is 2.19. The zero-order valence-electron chi connectivity index (χ0n) is 10.9. The zero-order valence-corrected chi connectivity index (χ0v) is 10.9. The summed E-state index contributed by atoms with van der Waals surface area (Å²) >= 11 is 0. The van der Waals surface area contributed by atoms with Crippen molar-refractivity contribution in [3.05, 3.63) is 54.0 Å². The maximum Gasteiger partial charge on any atom is 0.573 e. The minimum Gasteiger partial charge on any atom is -0.406 e. The van der Waals surface area contributed by atoms with Crippen LogP contribution in [0.25, 0.3) is 0 Å². The second-order valence-electron chi connectivity index (χ2n) is 3.92. The van der Waals surface area contributed by atoms with Gasteiger partial charge < -0.3 is 21.5 Å². The highest BCUT2D eigenvalue weighted by Crippen LogP contribution is 2.22. The molecule has 5 N–H and O–H groups in total. The van der Waals surface area contributed by atoms with E-state index in [-0.39, 0.29) is 18.0 Å². The van der Waals surface area contributed by atoms with Gasteiger partial charge in [-0.1, -0.05) is 12.1 Å². The summed E-state index contributed by atoms with van der Waals surface area (Å²) in [5, 5.41) is 2.40. The van der Waals surface area contributed by atoms with E-state index in [0.29, 0.717) is 5.56 Å². The third kappa shape index (κ3) is 6.90. The van der Waals surface area contributed by atoms with Crippen LogP contribution in [0.5, 0.6) is 5.75 Å².